The predicted octanol–water partition coefficient (Wildman–Crippen LogP) is 2.30. The van der Waals surface area contributed by atoms with Gasteiger partial charge in [0.15, 0.2) is 0 Å². The van der Waals surface area contributed by atoms with Crippen LogP contribution in [0.25, 0.3) is 0 Å². The van der Waals surface area contributed by atoms with Crippen molar-refractivity contribution in [3.05, 3.63) is 28.2 Å². The first-order chi connectivity index (χ1) is 9.19. The summed E-state index contributed by atoms with van der Waals surface area (Å²) < 4.78 is 11.8. The summed E-state index contributed by atoms with van der Waals surface area (Å²) in [6, 6.07) is 6.06. The molecule has 1 N–H and O–H groups in total. The van der Waals surface area contributed by atoms with Gasteiger partial charge in [0.2, 0.25) is 0 Å². The Morgan fingerprint density at radius 3 is 3.21 bits per heavy atom. The number of halogens is 1. The van der Waals surface area contributed by atoms with Gasteiger partial charge in [-0.3, -0.25) is 4.79 Å². The van der Waals surface area contributed by atoms with Crippen LogP contribution in [0.3, 0.4) is 0 Å². The van der Waals surface area contributed by atoms with Crippen molar-refractivity contribution in [1.82, 2.24) is 5.32 Å². The summed E-state index contributed by atoms with van der Waals surface area (Å²) in [6.45, 7) is 3.62. The third-order valence-electron chi connectivity index (χ3n) is 2.95. The fourth-order valence-electron chi connectivity index (χ4n) is 2.09. The van der Waals surface area contributed by atoms with E-state index in [1.807, 2.05) is 19.1 Å². The molecule has 1 heterocycles. The van der Waals surface area contributed by atoms with Crippen LogP contribution in [0.4, 0.5) is 0 Å². The largest absolute Gasteiger partial charge is 0.488 e. The smallest absolute Gasteiger partial charge is 0.307 e. The van der Waals surface area contributed by atoms with Gasteiger partial charge < -0.3 is 14.8 Å². The molecule has 1 aliphatic heterocycles. The Labute approximate surface area is 121 Å². The maximum absolute atomic E-state index is 11.2. The highest BCUT2D eigenvalue weighted by atomic mass is 79.9. The molecule has 0 fully saturated rings. The summed E-state index contributed by atoms with van der Waals surface area (Å²) in [4.78, 5) is 11.2. The van der Waals surface area contributed by atoms with Crippen molar-refractivity contribution in [1.29, 1.82) is 0 Å². The zero-order chi connectivity index (χ0) is 13.7. The molecular weight excluding hydrogens is 310 g/mol. The number of carbonyl (C=O) groups excluding carboxylic acids is 1. The first-order valence-corrected chi connectivity index (χ1v) is 7.29. The van der Waals surface area contributed by atoms with Crippen molar-refractivity contribution in [3.63, 3.8) is 0 Å². The molecule has 0 saturated carbocycles. The minimum absolute atomic E-state index is 0.145. The monoisotopic (exact) mass is 327 g/mol. The molecule has 5 heteroatoms. The van der Waals surface area contributed by atoms with Crippen molar-refractivity contribution < 1.29 is 14.3 Å². The number of hydrogen-bond acceptors (Lipinski definition) is 4. The van der Waals surface area contributed by atoms with Crippen LogP contribution in [0, 0.1) is 0 Å². The lowest BCUT2D eigenvalue weighted by molar-refractivity contribution is -0.142. The summed E-state index contributed by atoms with van der Waals surface area (Å²) in [6.07, 6.45) is 1.45. The van der Waals surface area contributed by atoms with E-state index >= 15 is 0 Å². The quantitative estimate of drug-likeness (QED) is 0.643. The lowest BCUT2D eigenvalue weighted by Crippen LogP contribution is -2.31. The van der Waals surface area contributed by atoms with Gasteiger partial charge in [-0.05, 0) is 30.7 Å². The molecule has 1 atom stereocenters. The van der Waals surface area contributed by atoms with Crippen molar-refractivity contribution in [2.75, 3.05) is 19.7 Å². The summed E-state index contributed by atoms with van der Waals surface area (Å²) >= 11 is 3.46. The summed E-state index contributed by atoms with van der Waals surface area (Å²) in [5.74, 6) is 0.801. The number of esters is 1. The van der Waals surface area contributed by atoms with E-state index in [-0.39, 0.29) is 12.1 Å². The minimum atomic E-state index is -0.158. The average Bonchev–Trinajstić information content (AvgIpc) is 2.77. The lowest BCUT2D eigenvalue weighted by Gasteiger charge is -2.11. The first-order valence-electron chi connectivity index (χ1n) is 6.50. The van der Waals surface area contributed by atoms with Gasteiger partial charge in [-0.15, -0.1) is 0 Å². The summed E-state index contributed by atoms with van der Waals surface area (Å²) in [5.41, 5.74) is 1.23. The van der Waals surface area contributed by atoms with Gasteiger partial charge in [0.1, 0.15) is 11.9 Å². The molecule has 4 nitrogen and oxygen atoms in total. The normalized spacial score (nSPS) is 16.8. The highest BCUT2D eigenvalue weighted by Gasteiger charge is 2.22. The third-order valence-corrected chi connectivity index (χ3v) is 3.44. The number of carbonyl (C=O) groups is 1. The lowest BCUT2D eigenvalue weighted by atomic mass is 10.1. The van der Waals surface area contributed by atoms with E-state index in [2.05, 4.69) is 27.3 Å². The van der Waals surface area contributed by atoms with Crippen LogP contribution >= 0.6 is 15.9 Å². The molecule has 0 bridgehead atoms. The van der Waals surface area contributed by atoms with Crippen LogP contribution in [0.2, 0.25) is 0 Å². The van der Waals surface area contributed by atoms with Crippen molar-refractivity contribution in [2.45, 2.75) is 25.9 Å². The molecule has 1 aromatic carbocycles. The molecule has 0 saturated heterocycles. The molecule has 1 aromatic rings. The van der Waals surface area contributed by atoms with Crippen LogP contribution < -0.4 is 10.1 Å². The second kappa shape index (κ2) is 6.91. The van der Waals surface area contributed by atoms with Crippen LogP contribution in [0.1, 0.15) is 18.9 Å². The third kappa shape index (κ3) is 4.21. The average molecular weight is 328 g/mol. The van der Waals surface area contributed by atoms with Crippen LogP contribution in [-0.2, 0) is 16.0 Å². The van der Waals surface area contributed by atoms with Crippen LogP contribution in [0.5, 0.6) is 5.75 Å². The van der Waals surface area contributed by atoms with Gasteiger partial charge in [-0.25, -0.2) is 0 Å². The fraction of sp³-hybridized carbons (Fsp3) is 0.500. The number of rotatable bonds is 6. The molecule has 1 unspecified atom stereocenters. The van der Waals surface area contributed by atoms with Crippen LogP contribution in [0.15, 0.2) is 22.7 Å². The molecule has 0 amide bonds. The Hall–Kier alpha value is -1.07. The summed E-state index contributed by atoms with van der Waals surface area (Å²) in [7, 11) is 0. The van der Waals surface area contributed by atoms with Crippen molar-refractivity contribution >= 4 is 21.9 Å². The second-order valence-corrected chi connectivity index (χ2v) is 5.37. The SMILES string of the molecule is CCOC(=O)CCNCC1Cc2cc(Br)ccc2O1. The van der Waals surface area contributed by atoms with E-state index in [1.165, 1.54) is 5.56 Å². The molecular formula is C14H18BrNO3. The van der Waals surface area contributed by atoms with Gasteiger partial charge in [0.25, 0.3) is 0 Å². The van der Waals surface area contributed by atoms with Crippen LogP contribution in [-0.4, -0.2) is 31.8 Å². The van der Waals surface area contributed by atoms with E-state index < -0.39 is 0 Å². The van der Waals surface area contributed by atoms with Crippen molar-refractivity contribution in [3.8, 4) is 5.75 Å². The molecule has 0 spiro atoms. The van der Waals surface area contributed by atoms with E-state index in [9.17, 15) is 4.79 Å². The van der Waals surface area contributed by atoms with E-state index in [0.717, 1.165) is 23.2 Å². The standard InChI is InChI=1S/C14H18BrNO3/c1-2-18-14(17)5-6-16-9-12-8-10-7-11(15)3-4-13(10)19-12/h3-4,7,12,16H,2,5-6,8-9H2,1H3. The fourth-order valence-corrected chi connectivity index (χ4v) is 2.50. The number of ether oxygens (including phenoxy) is 2. The number of fused-ring (bicyclic) bond motifs is 1. The molecule has 0 radical (unpaired) electrons. The Bertz CT molecular complexity index is 450. The van der Waals surface area contributed by atoms with Gasteiger partial charge in [0, 0.05) is 24.0 Å². The summed E-state index contributed by atoms with van der Waals surface area (Å²) in [5, 5.41) is 3.23. The molecule has 0 aromatic heterocycles. The molecule has 1 aliphatic rings. The van der Waals surface area contributed by atoms with Gasteiger partial charge in [0.05, 0.1) is 13.0 Å². The highest BCUT2D eigenvalue weighted by Crippen LogP contribution is 2.30. The highest BCUT2D eigenvalue weighted by molar-refractivity contribution is 9.10. The van der Waals surface area contributed by atoms with Gasteiger partial charge in [-0.1, -0.05) is 15.9 Å². The first kappa shape index (κ1) is 14.3. The minimum Gasteiger partial charge on any atom is -0.488 e. The number of nitrogens with one attached hydrogen (secondary N) is 1. The Balaban J connectivity index is 1.68. The van der Waals surface area contributed by atoms with Gasteiger partial charge >= 0.3 is 5.97 Å². The molecule has 2 rings (SSSR count). The van der Waals surface area contributed by atoms with E-state index in [1.54, 1.807) is 0 Å². The number of benzene rings is 1. The molecule has 19 heavy (non-hydrogen) atoms. The Morgan fingerprint density at radius 2 is 2.42 bits per heavy atom. The molecule has 104 valence electrons. The topological polar surface area (TPSA) is 47.6 Å². The van der Waals surface area contributed by atoms with E-state index in [4.69, 9.17) is 9.47 Å². The second-order valence-electron chi connectivity index (χ2n) is 4.46. The Morgan fingerprint density at radius 1 is 1.58 bits per heavy atom. The van der Waals surface area contributed by atoms with E-state index in [0.29, 0.717) is 19.6 Å². The zero-order valence-electron chi connectivity index (χ0n) is 10.9. The van der Waals surface area contributed by atoms with Crippen molar-refractivity contribution in [2.24, 2.45) is 0 Å². The molecule has 0 aliphatic carbocycles. The predicted molar refractivity (Wildman–Crippen MR) is 76.4 cm³/mol. The Kier molecular flexibility index (Phi) is 5.22. The van der Waals surface area contributed by atoms with Gasteiger partial charge in [-0.2, -0.15) is 0 Å². The number of hydrogen-bond donors (Lipinski definition) is 1. The zero-order valence-corrected chi connectivity index (χ0v) is 12.5. The maximum Gasteiger partial charge on any atom is 0.307 e. The maximum atomic E-state index is 11.2.